The molecule has 0 heterocycles. The second-order valence-corrected chi connectivity index (χ2v) is 6.59. The van der Waals surface area contributed by atoms with Gasteiger partial charge in [0.05, 0.1) is 15.9 Å². The number of halogens is 3. The van der Waals surface area contributed by atoms with Crippen molar-refractivity contribution in [2.24, 2.45) is 0 Å². The van der Waals surface area contributed by atoms with Crippen molar-refractivity contribution in [1.82, 2.24) is 0 Å². The zero-order chi connectivity index (χ0) is 15.3. The van der Waals surface area contributed by atoms with E-state index in [0.29, 0.717) is 12.0 Å². The molecule has 1 aromatic rings. The summed E-state index contributed by atoms with van der Waals surface area (Å²) in [7, 11) is 0. The number of alkyl halides is 3. The molecule has 0 unspecified atom stereocenters. The van der Waals surface area contributed by atoms with Gasteiger partial charge in [0.25, 0.3) is 0 Å². The van der Waals surface area contributed by atoms with E-state index in [9.17, 15) is 18.3 Å². The molecule has 20 heavy (non-hydrogen) atoms. The number of benzene rings is 1. The van der Waals surface area contributed by atoms with Gasteiger partial charge in [0.2, 0.25) is 0 Å². The van der Waals surface area contributed by atoms with E-state index in [1.807, 2.05) is 6.92 Å². The molecule has 0 aliphatic carbocycles. The minimum absolute atomic E-state index is 0.257. The molecular formula is C14H17F3OS2. The third-order valence-electron chi connectivity index (χ3n) is 3.02. The van der Waals surface area contributed by atoms with E-state index in [4.69, 9.17) is 12.2 Å². The highest BCUT2D eigenvalue weighted by Crippen LogP contribution is 2.31. The van der Waals surface area contributed by atoms with Crippen molar-refractivity contribution < 1.29 is 18.3 Å². The number of rotatable bonds is 5. The van der Waals surface area contributed by atoms with Crippen LogP contribution in [0.4, 0.5) is 13.2 Å². The maximum atomic E-state index is 12.5. The molecule has 1 aromatic carbocycles. The second-order valence-electron chi connectivity index (χ2n) is 4.48. The van der Waals surface area contributed by atoms with E-state index in [1.54, 1.807) is 6.92 Å². The molecule has 0 saturated heterocycles. The lowest BCUT2D eigenvalue weighted by atomic mass is 9.93. The molecule has 0 aliphatic heterocycles. The molecule has 0 fully saturated rings. The number of thiocarbonyl (C=S) groups is 1. The van der Waals surface area contributed by atoms with Gasteiger partial charge in [-0.1, -0.05) is 38.2 Å². The number of hydrogen-bond acceptors (Lipinski definition) is 3. The van der Waals surface area contributed by atoms with E-state index in [-0.39, 0.29) is 5.92 Å². The summed E-state index contributed by atoms with van der Waals surface area (Å²) < 4.78 is 38.1. The molecule has 112 valence electrons. The maximum Gasteiger partial charge on any atom is 0.416 e. The Balaban J connectivity index is 2.72. The summed E-state index contributed by atoms with van der Waals surface area (Å²) in [6, 6.07) is 4.90. The summed E-state index contributed by atoms with van der Waals surface area (Å²) in [4.78, 5) is 0. The number of thioether (sulfide) groups is 1. The van der Waals surface area contributed by atoms with Crippen molar-refractivity contribution in [3.63, 3.8) is 0 Å². The number of hydrogen-bond donors (Lipinski definition) is 1. The molecule has 0 spiro atoms. The smallest absolute Gasteiger partial charge is 0.392 e. The van der Waals surface area contributed by atoms with E-state index < -0.39 is 17.8 Å². The summed E-state index contributed by atoms with van der Waals surface area (Å²) in [6.07, 6.45) is -4.64. The third-order valence-corrected chi connectivity index (χ3v) is 4.32. The molecule has 2 atom stereocenters. The molecule has 0 amide bonds. The Kier molecular flexibility index (Phi) is 6.48. The Morgan fingerprint density at radius 3 is 2.30 bits per heavy atom. The van der Waals surface area contributed by atoms with Crippen LogP contribution in [0, 0.1) is 0 Å². The van der Waals surface area contributed by atoms with Crippen LogP contribution in [0.25, 0.3) is 0 Å². The topological polar surface area (TPSA) is 20.2 Å². The van der Waals surface area contributed by atoms with Crippen LogP contribution in [0.5, 0.6) is 0 Å². The first-order chi connectivity index (χ1) is 9.25. The lowest BCUT2D eigenvalue weighted by Gasteiger charge is -2.20. The fourth-order valence-electron chi connectivity index (χ4n) is 1.77. The van der Waals surface area contributed by atoms with Crippen LogP contribution in [0.15, 0.2) is 24.3 Å². The molecule has 6 heteroatoms. The van der Waals surface area contributed by atoms with Gasteiger partial charge in [-0.05, 0) is 23.4 Å². The van der Waals surface area contributed by atoms with Gasteiger partial charge in [-0.3, -0.25) is 0 Å². The molecule has 1 rings (SSSR count). The zero-order valence-electron chi connectivity index (χ0n) is 11.3. The summed E-state index contributed by atoms with van der Waals surface area (Å²) in [5.41, 5.74) is -0.00482. The average Bonchev–Trinajstić information content (AvgIpc) is 2.37. The van der Waals surface area contributed by atoms with E-state index in [1.165, 1.54) is 23.9 Å². The lowest BCUT2D eigenvalue weighted by Crippen LogP contribution is -2.18. The summed E-state index contributed by atoms with van der Waals surface area (Å²) in [5, 5.41) is 10.1. The van der Waals surface area contributed by atoms with Crippen LogP contribution >= 0.6 is 24.0 Å². The van der Waals surface area contributed by atoms with Crippen molar-refractivity contribution >= 4 is 28.2 Å². The van der Waals surface area contributed by atoms with Gasteiger partial charge < -0.3 is 5.11 Å². The minimum atomic E-state index is -4.33. The predicted octanol–water partition coefficient (Wildman–Crippen LogP) is 4.64. The first-order valence-electron chi connectivity index (χ1n) is 6.26. The molecule has 0 aromatic heterocycles. The Bertz CT molecular complexity index is 443. The Morgan fingerprint density at radius 2 is 1.85 bits per heavy atom. The number of aliphatic hydroxyl groups is 1. The van der Waals surface area contributed by atoms with E-state index >= 15 is 0 Å². The van der Waals surface area contributed by atoms with E-state index in [2.05, 4.69) is 0 Å². The van der Waals surface area contributed by atoms with Crippen LogP contribution in [0.2, 0.25) is 0 Å². The average molecular weight is 322 g/mol. The minimum Gasteiger partial charge on any atom is -0.392 e. The predicted molar refractivity (Wildman–Crippen MR) is 81.2 cm³/mol. The van der Waals surface area contributed by atoms with Crippen molar-refractivity contribution in [2.45, 2.75) is 38.5 Å². The SMILES string of the molecule is CCSC(=S)C[C@@H](O)[C@H](C)c1ccc(C(F)(F)F)cc1. The van der Waals surface area contributed by atoms with Crippen LogP contribution < -0.4 is 0 Å². The zero-order valence-corrected chi connectivity index (χ0v) is 12.9. The summed E-state index contributed by atoms with van der Waals surface area (Å²) >= 11 is 6.62. The van der Waals surface area contributed by atoms with Crippen molar-refractivity contribution in [3.05, 3.63) is 35.4 Å². The fourth-order valence-corrected chi connectivity index (χ4v) is 2.90. The first kappa shape index (κ1) is 17.5. The molecule has 0 bridgehead atoms. The van der Waals surface area contributed by atoms with Crippen LogP contribution in [0.1, 0.15) is 37.3 Å². The fraction of sp³-hybridized carbons (Fsp3) is 0.500. The Morgan fingerprint density at radius 1 is 1.30 bits per heavy atom. The largest absolute Gasteiger partial charge is 0.416 e. The highest BCUT2D eigenvalue weighted by molar-refractivity contribution is 8.23. The molecular weight excluding hydrogens is 305 g/mol. The van der Waals surface area contributed by atoms with E-state index in [0.717, 1.165) is 22.1 Å². The Hall–Kier alpha value is -0.590. The van der Waals surface area contributed by atoms with Crippen molar-refractivity contribution in [2.75, 3.05) is 5.75 Å². The highest BCUT2D eigenvalue weighted by atomic mass is 32.2. The quantitative estimate of drug-likeness (QED) is 0.798. The van der Waals surface area contributed by atoms with Crippen LogP contribution in [-0.2, 0) is 6.18 Å². The monoisotopic (exact) mass is 322 g/mol. The Labute approximate surface area is 126 Å². The molecule has 1 nitrogen and oxygen atoms in total. The number of aliphatic hydroxyl groups excluding tert-OH is 1. The van der Waals surface area contributed by atoms with Gasteiger partial charge >= 0.3 is 6.18 Å². The summed E-state index contributed by atoms with van der Waals surface area (Å²) in [6.45, 7) is 3.76. The maximum absolute atomic E-state index is 12.5. The van der Waals surface area contributed by atoms with Crippen LogP contribution in [0.3, 0.4) is 0 Å². The normalized spacial score (nSPS) is 14.9. The lowest BCUT2D eigenvalue weighted by molar-refractivity contribution is -0.137. The molecule has 0 aliphatic rings. The molecule has 0 radical (unpaired) electrons. The van der Waals surface area contributed by atoms with Gasteiger partial charge in [-0.2, -0.15) is 13.2 Å². The first-order valence-corrected chi connectivity index (χ1v) is 7.66. The van der Waals surface area contributed by atoms with Gasteiger partial charge in [0, 0.05) is 12.3 Å². The molecule has 0 saturated carbocycles. The molecule has 1 N–H and O–H groups in total. The van der Waals surface area contributed by atoms with Gasteiger partial charge in [-0.25, -0.2) is 0 Å². The van der Waals surface area contributed by atoms with Gasteiger partial charge in [0.1, 0.15) is 0 Å². The summed E-state index contributed by atoms with van der Waals surface area (Å²) in [5.74, 6) is 0.591. The van der Waals surface area contributed by atoms with Crippen LogP contribution in [-0.4, -0.2) is 21.2 Å². The highest BCUT2D eigenvalue weighted by Gasteiger charge is 2.30. The van der Waals surface area contributed by atoms with Gasteiger partial charge in [-0.15, -0.1) is 11.8 Å². The third kappa shape index (κ3) is 5.07. The van der Waals surface area contributed by atoms with Crippen molar-refractivity contribution in [3.8, 4) is 0 Å². The second kappa shape index (κ2) is 7.43. The standard InChI is InChI=1S/C14H17F3OS2/c1-3-20-13(19)8-12(18)9(2)10-4-6-11(7-5-10)14(15,16)17/h4-7,9,12,18H,3,8H2,1-2H3/t9-,12-/m1/s1. The van der Waals surface area contributed by atoms with Gasteiger partial charge in [0.15, 0.2) is 0 Å². The van der Waals surface area contributed by atoms with Crippen molar-refractivity contribution in [1.29, 1.82) is 0 Å².